The largest absolute Gasteiger partial charge is 0.295 e. The molecule has 1 aliphatic heterocycles. The Morgan fingerprint density at radius 3 is 2.72 bits per heavy atom. The van der Waals surface area contributed by atoms with E-state index in [1.54, 1.807) is 13.0 Å². The number of amides is 1. The Labute approximate surface area is 110 Å². The number of halogens is 1. The lowest BCUT2D eigenvalue weighted by Gasteiger charge is -2.17. The summed E-state index contributed by atoms with van der Waals surface area (Å²) < 4.78 is 22.5. The van der Waals surface area contributed by atoms with E-state index in [2.05, 4.69) is 4.98 Å². The Hall–Kier alpha value is -1.18. The summed E-state index contributed by atoms with van der Waals surface area (Å²) in [6, 6.07) is 1.67. The van der Waals surface area contributed by atoms with Gasteiger partial charge in [0.1, 0.15) is 11.1 Å². The van der Waals surface area contributed by atoms with Crippen LogP contribution < -0.4 is 10.0 Å². The fraction of sp³-hybridized carbons (Fsp3) is 0.400. The summed E-state index contributed by atoms with van der Waals surface area (Å²) in [5.74, 6) is 0.127. The highest BCUT2D eigenvalue weighted by Crippen LogP contribution is 2.26. The zero-order chi connectivity index (χ0) is 13.5. The van der Waals surface area contributed by atoms with Gasteiger partial charge in [-0.1, -0.05) is 11.6 Å². The van der Waals surface area contributed by atoms with Gasteiger partial charge < -0.3 is 0 Å². The lowest BCUT2D eigenvalue weighted by Crippen LogP contribution is -2.32. The van der Waals surface area contributed by atoms with Crippen LogP contribution in [0, 0.1) is 6.92 Å². The first-order valence-corrected chi connectivity index (χ1v) is 7.22. The van der Waals surface area contributed by atoms with E-state index in [-0.39, 0.29) is 18.9 Å². The van der Waals surface area contributed by atoms with Crippen LogP contribution in [0.3, 0.4) is 0 Å². The highest BCUT2D eigenvalue weighted by molar-refractivity contribution is 7.89. The van der Waals surface area contributed by atoms with Crippen LogP contribution in [0.4, 0.5) is 5.82 Å². The first kappa shape index (κ1) is 13.3. The Bertz CT molecular complexity index is 602. The molecule has 1 amide bonds. The second kappa shape index (κ2) is 4.49. The van der Waals surface area contributed by atoms with E-state index in [1.807, 2.05) is 0 Å². The van der Waals surface area contributed by atoms with Crippen molar-refractivity contribution in [3.63, 3.8) is 0 Å². The van der Waals surface area contributed by atoms with Crippen LogP contribution in [0.2, 0.25) is 5.02 Å². The van der Waals surface area contributed by atoms with Crippen molar-refractivity contribution in [2.45, 2.75) is 18.6 Å². The van der Waals surface area contributed by atoms with E-state index in [1.165, 1.54) is 11.1 Å². The highest BCUT2D eigenvalue weighted by atomic mass is 35.5. The van der Waals surface area contributed by atoms with E-state index >= 15 is 0 Å². The third-order valence-corrected chi connectivity index (χ3v) is 4.28. The molecule has 1 aromatic rings. The molecule has 1 fully saturated rings. The molecule has 1 unspecified atom stereocenters. The number of pyridine rings is 1. The molecule has 0 aromatic carbocycles. The van der Waals surface area contributed by atoms with Gasteiger partial charge in [0, 0.05) is 19.2 Å². The van der Waals surface area contributed by atoms with Gasteiger partial charge in [-0.25, -0.2) is 18.5 Å². The van der Waals surface area contributed by atoms with E-state index in [0.29, 0.717) is 16.4 Å². The predicted molar refractivity (Wildman–Crippen MR) is 67.8 cm³/mol. The molecule has 2 rings (SSSR count). The van der Waals surface area contributed by atoms with Crippen LogP contribution in [0.1, 0.15) is 12.0 Å². The summed E-state index contributed by atoms with van der Waals surface area (Å²) in [6.07, 6.45) is 1.31. The third kappa shape index (κ3) is 2.47. The number of nitrogens with zero attached hydrogens (tertiary/aromatic N) is 2. The molecule has 8 heteroatoms. The van der Waals surface area contributed by atoms with Crippen molar-refractivity contribution in [3.05, 3.63) is 22.8 Å². The van der Waals surface area contributed by atoms with Crippen LogP contribution >= 0.6 is 11.6 Å². The first-order valence-electron chi connectivity index (χ1n) is 5.23. The van der Waals surface area contributed by atoms with Gasteiger partial charge in [0.15, 0.2) is 0 Å². The van der Waals surface area contributed by atoms with Gasteiger partial charge in [-0.05, 0) is 18.6 Å². The topological polar surface area (TPSA) is 93.4 Å². The molecule has 2 N–H and O–H groups in total. The maximum Gasteiger partial charge on any atom is 0.229 e. The van der Waals surface area contributed by atoms with E-state index in [0.717, 1.165) is 0 Å². The van der Waals surface area contributed by atoms with Crippen molar-refractivity contribution in [1.82, 2.24) is 4.98 Å². The number of aryl methyl sites for hydroxylation is 1. The van der Waals surface area contributed by atoms with Gasteiger partial charge in [-0.15, -0.1) is 0 Å². The van der Waals surface area contributed by atoms with E-state index in [9.17, 15) is 13.2 Å². The van der Waals surface area contributed by atoms with Crippen LogP contribution in [0.5, 0.6) is 0 Å². The number of aromatic nitrogens is 1. The van der Waals surface area contributed by atoms with Crippen LogP contribution in [-0.2, 0) is 14.8 Å². The summed E-state index contributed by atoms with van der Waals surface area (Å²) in [4.78, 5) is 17.2. The molecule has 1 aromatic heterocycles. The van der Waals surface area contributed by atoms with Gasteiger partial charge >= 0.3 is 0 Å². The fourth-order valence-electron chi connectivity index (χ4n) is 1.92. The minimum Gasteiger partial charge on any atom is -0.295 e. The summed E-state index contributed by atoms with van der Waals surface area (Å²) >= 11 is 5.78. The van der Waals surface area contributed by atoms with Gasteiger partial charge in [0.25, 0.3) is 0 Å². The SMILES string of the molecule is Cc1cc(Cl)cnc1N1CC(S(N)(=O)=O)CC1=O. The highest BCUT2D eigenvalue weighted by Gasteiger charge is 2.38. The Morgan fingerprint density at radius 1 is 1.56 bits per heavy atom. The van der Waals surface area contributed by atoms with E-state index < -0.39 is 15.3 Å². The average Bonchev–Trinajstić information content (AvgIpc) is 2.60. The standard InChI is InChI=1S/C10H12ClN3O3S/c1-6-2-7(11)4-13-10(6)14-5-8(3-9(14)15)18(12,16)17/h2,4,8H,3,5H2,1H3,(H2,12,16,17). The third-order valence-electron chi connectivity index (χ3n) is 2.83. The van der Waals surface area contributed by atoms with Gasteiger partial charge in [-0.3, -0.25) is 9.69 Å². The number of sulfonamides is 1. The van der Waals surface area contributed by atoms with Crippen molar-refractivity contribution in [2.24, 2.45) is 5.14 Å². The van der Waals surface area contributed by atoms with Crippen molar-refractivity contribution in [1.29, 1.82) is 0 Å². The number of hydrogen-bond acceptors (Lipinski definition) is 4. The zero-order valence-electron chi connectivity index (χ0n) is 9.63. The molecule has 0 bridgehead atoms. The molecule has 18 heavy (non-hydrogen) atoms. The number of nitrogens with two attached hydrogens (primary N) is 1. The van der Waals surface area contributed by atoms with Gasteiger partial charge in [0.05, 0.1) is 5.02 Å². The van der Waals surface area contributed by atoms with E-state index in [4.69, 9.17) is 16.7 Å². The van der Waals surface area contributed by atoms with Crippen molar-refractivity contribution < 1.29 is 13.2 Å². The molecular formula is C10H12ClN3O3S. The molecule has 2 heterocycles. The second-order valence-electron chi connectivity index (χ2n) is 4.21. The molecule has 98 valence electrons. The summed E-state index contributed by atoms with van der Waals surface area (Å²) in [7, 11) is -3.71. The molecule has 6 nitrogen and oxygen atoms in total. The molecule has 1 saturated heterocycles. The molecule has 0 aliphatic carbocycles. The molecule has 1 atom stereocenters. The quantitative estimate of drug-likeness (QED) is 0.855. The Morgan fingerprint density at radius 2 is 2.22 bits per heavy atom. The minimum absolute atomic E-state index is 0.0349. The molecule has 0 saturated carbocycles. The monoisotopic (exact) mass is 289 g/mol. The first-order chi connectivity index (χ1) is 8.29. The maximum atomic E-state index is 11.8. The normalized spacial score (nSPS) is 20.5. The van der Waals surface area contributed by atoms with Crippen LogP contribution in [0.25, 0.3) is 0 Å². The maximum absolute atomic E-state index is 11.8. The van der Waals surface area contributed by atoms with Crippen molar-refractivity contribution in [3.8, 4) is 0 Å². The zero-order valence-corrected chi connectivity index (χ0v) is 11.2. The number of primary sulfonamides is 1. The fourth-order valence-corrected chi connectivity index (χ4v) is 2.86. The summed E-state index contributed by atoms with van der Waals surface area (Å²) in [5, 5.41) is 4.65. The number of rotatable bonds is 2. The molecular weight excluding hydrogens is 278 g/mol. The van der Waals surface area contributed by atoms with Crippen LogP contribution in [0.15, 0.2) is 12.3 Å². The lowest BCUT2D eigenvalue weighted by atomic mass is 10.3. The lowest BCUT2D eigenvalue weighted by molar-refractivity contribution is -0.117. The van der Waals surface area contributed by atoms with Gasteiger partial charge in [0.2, 0.25) is 15.9 Å². The van der Waals surface area contributed by atoms with Crippen LogP contribution in [-0.4, -0.2) is 31.1 Å². The smallest absolute Gasteiger partial charge is 0.229 e. The number of hydrogen-bond donors (Lipinski definition) is 1. The predicted octanol–water partition coefficient (Wildman–Crippen LogP) is 0.437. The molecule has 0 radical (unpaired) electrons. The summed E-state index contributed by atoms with van der Waals surface area (Å²) in [5.41, 5.74) is 0.714. The van der Waals surface area contributed by atoms with Crippen molar-refractivity contribution in [2.75, 3.05) is 11.4 Å². The van der Waals surface area contributed by atoms with Gasteiger partial charge in [-0.2, -0.15) is 0 Å². The van der Waals surface area contributed by atoms with Crippen molar-refractivity contribution >= 4 is 33.3 Å². The Balaban J connectivity index is 2.33. The number of anilines is 1. The summed E-state index contributed by atoms with van der Waals surface area (Å²) in [6.45, 7) is 1.79. The Kier molecular flexibility index (Phi) is 3.31. The second-order valence-corrected chi connectivity index (χ2v) is 6.49. The number of carbonyl (C=O) groups excluding carboxylic acids is 1. The molecule has 1 aliphatic rings. The number of carbonyl (C=O) groups is 1. The minimum atomic E-state index is -3.71. The average molecular weight is 290 g/mol. The molecule has 0 spiro atoms.